The van der Waals surface area contributed by atoms with Gasteiger partial charge in [-0.05, 0) is 6.92 Å². The second-order valence-electron chi connectivity index (χ2n) is 3.45. The number of quaternary nitrogens is 1. The molecule has 94 valence electrons. The van der Waals surface area contributed by atoms with Crippen LogP contribution in [0.15, 0.2) is 0 Å². The molecule has 1 amide bonds. The van der Waals surface area contributed by atoms with Crippen LogP contribution in [0, 0.1) is 0 Å². The van der Waals surface area contributed by atoms with E-state index >= 15 is 0 Å². The second kappa shape index (κ2) is 7.17. The van der Waals surface area contributed by atoms with E-state index in [4.69, 9.17) is 32.7 Å². The molecule has 0 unspecified atom stereocenters. The fourth-order valence-electron chi connectivity index (χ4n) is 1.59. The third-order valence-electron chi connectivity index (χ3n) is 2.38. The monoisotopic (exact) mass is 271 g/mol. The Morgan fingerprint density at radius 1 is 1.50 bits per heavy atom. The molecule has 1 saturated heterocycles. The molecule has 1 heterocycles. The molecule has 5 nitrogen and oxygen atoms in total. The smallest absolute Gasteiger partial charge is 0.411 e. The minimum Gasteiger partial charge on any atom is -0.450 e. The van der Waals surface area contributed by atoms with Crippen molar-refractivity contribution in [3.05, 3.63) is 0 Å². The minimum atomic E-state index is -0.669. The number of morpholine rings is 1. The maximum atomic E-state index is 11.3. The predicted octanol–water partition coefficient (Wildman–Crippen LogP) is -0.223. The van der Waals surface area contributed by atoms with E-state index in [0.717, 1.165) is 18.0 Å². The van der Waals surface area contributed by atoms with Gasteiger partial charge in [-0.15, -0.1) is 0 Å². The van der Waals surface area contributed by atoms with Crippen molar-refractivity contribution in [2.24, 2.45) is 0 Å². The van der Waals surface area contributed by atoms with Gasteiger partial charge in [0.25, 0.3) is 0 Å². The number of hydrogen-bond acceptors (Lipinski definition) is 3. The molecule has 1 atom stereocenters. The number of halogens is 2. The number of alkyl halides is 2. The van der Waals surface area contributed by atoms with Gasteiger partial charge < -0.3 is 14.4 Å². The van der Waals surface area contributed by atoms with Gasteiger partial charge in [0.2, 0.25) is 0 Å². The molecule has 16 heavy (non-hydrogen) atoms. The molecule has 2 N–H and O–H groups in total. The van der Waals surface area contributed by atoms with Gasteiger partial charge in [-0.2, -0.15) is 0 Å². The number of nitrogens with one attached hydrogen (secondary N) is 2. The van der Waals surface area contributed by atoms with Crippen LogP contribution in [-0.4, -0.2) is 50.0 Å². The molecular formula is C9H17Cl2N2O3+. The summed E-state index contributed by atoms with van der Waals surface area (Å²) in [6.07, 6.45) is -0.843. The zero-order chi connectivity index (χ0) is 12.0. The zero-order valence-corrected chi connectivity index (χ0v) is 10.7. The summed E-state index contributed by atoms with van der Waals surface area (Å²) in [5.74, 6) is 0. The molecule has 1 fully saturated rings. The van der Waals surface area contributed by atoms with Gasteiger partial charge in [0.15, 0.2) is 11.0 Å². The molecule has 0 aromatic rings. The Morgan fingerprint density at radius 3 is 2.62 bits per heavy atom. The molecule has 7 heteroatoms. The Balaban J connectivity index is 2.48. The van der Waals surface area contributed by atoms with Crippen molar-refractivity contribution in [3.63, 3.8) is 0 Å². The van der Waals surface area contributed by atoms with Crippen LogP contribution < -0.4 is 10.2 Å². The largest absolute Gasteiger partial charge is 0.450 e. The maximum absolute atomic E-state index is 11.3. The van der Waals surface area contributed by atoms with Crippen molar-refractivity contribution in [2.75, 3.05) is 32.9 Å². The van der Waals surface area contributed by atoms with E-state index in [1.807, 2.05) is 0 Å². The number of rotatable bonds is 4. The van der Waals surface area contributed by atoms with E-state index in [9.17, 15) is 4.79 Å². The number of amides is 1. The van der Waals surface area contributed by atoms with Crippen molar-refractivity contribution in [2.45, 2.75) is 17.9 Å². The lowest BCUT2D eigenvalue weighted by Crippen LogP contribution is -3.20. The highest BCUT2D eigenvalue weighted by molar-refractivity contribution is 6.44. The Bertz CT molecular complexity index is 223. The normalized spacial score (nSPS) is 19.5. The molecule has 0 spiro atoms. The summed E-state index contributed by atoms with van der Waals surface area (Å²) >= 11 is 11.7. The van der Waals surface area contributed by atoms with Crippen LogP contribution in [0.25, 0.3) is 0 Å². The highest BCUT2D eigenvalue weighted by Gasteiger charge is 2.31. The summed E-state index contributed by atoms with van der Waals surface area (Å²) in [5, 5.41) is 2.67. The number of carbonyl (C=O) groups is 1. The van der Waals surface area contributed by atoms with E-state index in [-0.39, 0.29) is 6.17 Å². The molecular weight excluding hydrogens is 255 g/mol. The molecule has 0 radical (unpaired) electrons. The van der Waals surface area contributed by atoms with Gasteiger partial charge in [0.05, 0.1) is 19.8 Å². The van der Waals surface area contributed by atoms with Gasteiger partial charge >= 0.3 is 6.09 Å². The van der Waals surface area contributed by atoms with Crippen LogP contribution in [0.5, 0.6) is 0 Å². The Kier molecular flexibility index (Phi) is 6.20. The fraction of sp³-hybridized carbons (Fsp3) is 0.889. The zero-order valence-electron chi connectivity index (χ0n) is 9.17. The fourth-order valence-corrected chi connectivity index (χ4v) is 2.07. The molecule has 1 aliphatic heterocycles. The average Bonchev–Trinajstić information content (AvgIpc) is 2.27. The first-order chi connectivity index (χ1) is 7.65. The van der Waals surface area contributed by atoms with Crippen LogP contribution >= 0.6 is 23.2 Å². The Morgan fingerprint density at radius 2 is 2.12 bits per heavy atom. The second-order valence-corrected chi connectivity index (χ2v) is 4.61. The topological polar surface area (TPSA) is 52.0 Å². The lowest BCUT2D eigenvalue weighted by Gasteiger charge is -2.31. The molecule has 1 rings (SSSR count). The van der Waals surface area contributed by atoms with Gasteiger partial charge in [-0.3, -0.25) is 5.32 Å². The van der Waals surface area contributed by atoms with Crippen LogP contribution in [0.2, 0.25) is 0 Å². The molecule has 0 aliphatic carbocycles. The van der Waals surface area contributed by atoms with Crippen molar-refractivity contribution in [1.29, 1.82) is 0 Å². The van der Waals surface area contributed by atoms with Gasteiger partial charge in [-0.1, -0.05) is 23.2 Å². The number of carbonyl (C=O) groups excluding carboxylic acids is 1. The lowest BCUT2D eigenvalue weighted by atomic mass is 10.3. The molecule has 0 aromatic heterocycles. The maximum Gasteiger partial charge on any atom is 0.411 e. The van der Waals surface area contributed by atoms with Crippen molar-refractivity contribution in [3.8, 4) is 0 Å². The quantitative estimate of drug-likeness (QED) is 0.696. The summed E-state index contributed by atoms with van der Waals surface area (Å²) in [6.45, 7) is 4.91. The number of alkyl carbamates (subject to hydrolysis) is 1. The van der Waals surface area contributed by atoms with Crippen molar-refractivity contribution in [1.82, 2.24) is 5.32 Å². The van der Waals surface area contributed by atoms with E-state index in [1.54, 1.807) is 6.92 Å². The molecule has 1 aliphatic rings. The summed E-state index contributed by atoms with van der Waals surface area (Å²) in [5.41, 5.74) is 0. The summed E-state index contributed by atoms with van der Waals surface area (Å²) in [7, 11) is 0. The average molecular weight is 272 g/mol. The van der Waals surface area contributed by atoms with Crippen LogP contribution in [0.4, 0.5) is 4.79 Å². The minimum absolute atomic E-state index is 0.326. The molecule has 0 aromatic carbocycles. The lowest BCUT2D eigenvalue weighted by molar-refractivity contribution is -0.933. The SMILES string of the molecule is CCOC(=O)N[C@H](C(Cl)Cl)[NH+]1CCOCC1. The number of ether oxygens (including phenoxy) is 2. The van der Waals surface area contributed by atoms with Gasteiger partial charge in [-0.25, -0.2) is 4.79 Å². The molecule has 0 saturated carbocycles. The summed E-state index contributed by atoms with van der Waals surface area (Å²) < 4.78 is 10.0. The number of hydrogen-bond donors (Lipinski definition) is 2. The third kappa shape index (κ3) is 4.33. The summed E-state index contributed by atoms with van der Waals surface area (Å²) in [6, 6.07) is 0. The third-order valence-corrected chi connectivity index (χ3v) is 2.88. The van der Waals surface area contributed by atoms with E-state index in [0.29, 0.717) is 19.8 Å². The van der Waals surface area contributed by atoms with Crippen LogP contribution in [0.3, 0.4) is 0 Å². The Hall–Kier alpha value is -0.230. The summed E-state index contributed by atoms with van der Waals surface area (Å²) in [4.78, 5) is 11.7. The predicted molar refractivity (Wildman–Crippen MR) is 61.0 cm³/mol. The van der Waals surface area contributed by atoms with Crippen molar-refractivity contribution >= 4 is 29.3 Å². The Labute approximate surface area is 105 Å². The standard InChI is InChI=1S/C9H16Cl2N2O3/c1-2-16-9(14)12-8(7(10)11)13-3-5-15-6-4-13/h7-8H,2-6H2,1H3,(H,12,14)/p+1/t8-/m0/s1. The van der Waals surface area contributed by atoms with Crippen LogP contribution in [0.1, 0.15) is 6.92 Å². The van der Waals surface area contributed by atoms with E-state index < -0.39 is 10.9 Å². The highest BCUT2D eigenvalue weighted by atomic mass is 35.5. The van der Waals surface area contributed by atoms with Crippen molar-refractivity contribution < 1.29 is 19.2 Å². The first-order valence-corrected chi connectivity index (χ1v) is 6.16. The highest BCUT2D eigenvalue weighted by Crippen LogP contribution is 2.04. The first-order valence-electron chi connectivity index (χ1n) is 5.29. The first kappa shape index (κ1) is 13.8. The van der Waals surface area contributed by atoms with Crippen LogP contribution in [-0.2, 0) is 9.47 Å². The molecule has 0 bridgehead atoms. The van der Waals surface area contributed by atoms with Gasteiger partial charge in [0.1, 0.15) is 13.1 Å². The van der Waals surface area contributed by atoms with E-state index in [2.05, 4.69) is 5.32 Å². The van der Waals surface area contributed by atoms with E-state index in [1.165, 1.54) is 0 Å². The van der Waals surface area contributed by atoms with Gasteiger partial charge in [0, 0.05) is 0 Å².